The van der Waals surface area contributed by atoms with Gasteiger partial charge >= 0.3 is 0 Å². The number of nitrogens with one attached hydrogen (secondary N) is 1. The Morgan fingerprint density at radius 2 is 2.15 bits per heavy atom. The summed E-state index contributed by atoms with van der Waals surface area (Å²) in [5.74, 6) is 1.10. The molecule has 2 aromatic carbocycles. The largest absolute Gasteiger partial charge is 0.496 e. The predicted octanol–water partition coefficient (Wildman–Crippen LogP) is 3.75. The van der Waals surface area contributed by atoms with Gasteiger partial charge in [0.05, 0.1) is 24.0 Å². The van der Waals surface area contributed by atoms with Crippen molar-refractivity contribution in [3.05, 3.63) is 68.2 Å². The van der Waals surface area contributed by atoms with Gasteiger partial charge in [0.2, 0.25) is 5.91 Å². The van der Waals surface area contributed by atoms with E-state index < -0.39 is 4.92 Å². The number of rotatable bonds is 8. The molecule has 2 rings (SSSR count). The molecule has 0 saturated heterocycles. The highest BCUT2D eigenvalue weighted by molar-refractivity contribution is 9.10. The zero-order valence-corrected chi connectivity index (χ0v) is 16.2. The minimum atomic E-state index is -0.506. The number of nitro groups is 1. The molecule has 0 aliphatic rings. The van der Waals surface area contributed by atoms with Crippen molar-refractivity contribution in [2.75, 3.05) is 12.9 Å². The first-order chi connectivity index (χ1) is 12.5. The molecule has 0 saturated carbocycles. The van der Waals surface area contributed by atoms with Crippen LogP contribution in [0, 0.1) is 10.1 Å². The number of methoxy groups -OCH3 is 1. The van der Waals surface area contributed by atoms with E-state index in [-0.39, 0.29) is 17.3 Å². The molecule has 9 heteroatoms. The fourth-order valence-electron chi connectivity index (χ4n) is 2.01. The minimum Gasteiger partial charge on any atom is -0.496 e. The Kier molecular flexibility index (Phi) is 7.61. The molecule has 1 N–H and O–H groups in total. The van der Waals surface area contributed by atoms with Crippen molar-refractivity contribution in [3.8, 4) is 5.75 Å². The van der Waals surface area contributed by atoms with Gasteiger partial charge in [-0.05, 0) is 17.7 Å². The normalized spacial score (nSPS) is 10.7. The van der Waals surface area contributed by atoms with Gasteiger partial charge in [-0.2, -0.15) is 5.10 Å². The van der Waals surface area contributed by atoms with Crippen molar-refractivity contribution in [1.82, 2.24) is 5.43 Å². The van der Waals surface area contributed by atoms with Gasteiger partial charge in [0.25, 0.3) is 5.69 Å². The molecule has 7 nitrogen and oxygen atoms in total. The zero-order valence-electron chi connectivity index (χ0n) is 13.8. The van der Waals surface area contributed by atoms with Gasteiger partial charge in [0.1, 0.15) is 5.75 Å². The van der Waals surface area contributed by atoms with Crippen molar-refractivity contribution < 1.29 is 14.5 Å². The first-order valence-corrected chi connectivity index (χ1v) is 9.41. The third kappa shape index (κ3) is 5.85. The summed E-state index contributed by atoms with van der Waals surface area (Å²) in [5.41, 5.74) is 3.84. The average molecular weight is 438 g/mol. The second-order valence-corrected chi connectivity index (χ2v) is 6.90. The molecule has 0 unspecified atom stereocenters. The van der Waals surface area contributed by atoms with Gasteiger partial charge < -0.3 is 4.74 Å². The number of ether oxygens (including phenoxy) is 1. The molecule has 0 fully saturated rings. The van der Waals surface area contributed by atoms with Crippen LogP contribution in [-0.2, 0) is 10.5 Å². The highest BCUT2D eigenvalue weighted by atomic mass is 79.9. The number of halogens is 1. The van der Waals surface area contributed by atoms with Gasteiger partial charge in [-0.15, -0.1) is 11.8 Å². The van der Waals surface area contributed by atoms with Crippen LogP contribution in [0.3, 0.4) is 0 Å². The summed E-state index contributed by atoms with van der Waals surface area (Å²) in [6.07, 6.45) is 1.32. The Morgan fingerprint density at radius 1 is 1.38 bits per heavy atom. The SMILES string of the molecule is COc1ccc([N+](=O)[O-])cc1/C=N\NC(=O)CSCc1ccccc1Br. The monoisotopic (exact) mass is 437 g/mol. The van der Waals surface area contributed by atoms with Crippen LogP contribution in [0.4, 0.5) is 5.69 Å². The van der Waals surface area contributed by atoms with Gasteiger partial charge in [-0.1, -0.05) is 34.1 Å². The van der Waals surface area contributed by atoms with Crippen molar-refractivity contribution in [2.45, 2.75) is 5.75 Å². The average Bonchev–Trinajstić information content (AvgIpc) is 2.63. The number of benzene rings is 2. The Morgan fingerprint density at radius 3 is 2.85 bits per heavy atom. The van der Waals surface area contributed by atoms with Crippen molar-refractivity contribution in [3.63, 3.8) is 0 Å². The topological polar surface area (TPSA) is 93.8 Å². The number of hydrogen-bond acceptors (Lipinski definition) is 6. The third-order valence-electron chi connectivity index (χ3n) is 3.27. The molecule has 0 bridgehead atoms. The second kappa shape index (κ2) is 9.93. The molecule has 0 aliphatic carbocycles. The zero-order chi connectivity index (χ0) is 18.9. The standard InChI is InChI=1S/C17H16BrN3O4S/c1-25-16-7-6-14(21(23)24)8-13(16)9-19-20-17(22)11-26-10-12-4-2-3-5-15(12)18/h2-9H,10-11H2,1H3,(H,20,22)/b19-9-. The van der Waals surface area contributed by atoms with E-state index >= 15 is 0 Å². The van der Waals surface area contributed by atoms with E-state index in [0.29, 0.717) is 17.1 Å². The number of non-ortho nitro benzene ring substituents is 1. The van der Waals surface area contributed by atoms with Gasteiger partial charge in [0, 0.05) is 27.9 Å². The summed E-state index contributed by atoms with van der Waals surface area (Å²) < 4.78 is 6.13. The molecular weight excluding hydrogens is 422 g/mol. The number of carbonyl (C=O) groups is 1. The van der Waals surface area contributed by atoms with E-state index in [1.165, 1.54) is 43.3 Å². The Hall–Kier alpha value is -2.39. The van der Waals surface area contributed by atoms with E-state index in [4.69, 9.17) is 4.74 Å². The van der Waals surface area contributed by atoms with Gasteiger partial charge in [-0.3, -0.25) is 14.9 Å². The smallest absolute Gasteiger partial charge is 0.270 e. The summed E-state index contributed by atoms with van der Waals surface area (Å²) in [5, 5.41) is 14.7. The first kappa shape index (κ1) is 19.9. The number of hydrogen-bond donors (Lipinski definition) is 1. The Labute approximate surface area is 163 Å². The Balaban J connectivity index is 1.87. The maximum absolute atomic E-state index is 11.8. The molecule has 0 spiro atoms. The molecule has 0 atom stereocenters. The predicted molar refractivity (Wildman–Crippen MR) is 106 cm³/mol. The summed E-state index contributed by atoms with van der Waals surface area (Å²) in [6.45, 7) is 0. The van der Waals surface area contributed by atoms with E-state index in [9.17, 15) is 14.9 Å². The van der Waals surface area contributed by atoms with Crippen molar-refractivity contribution >= 4 is 45.5 Å². The molecule has 0 aliphatic heterocycles. The molecule has 2 aromatic rings. The highest BCUT2D eigenvalue weighted by Gasteiger charge is 2.10. The summed E-state index contributed by atoms with van der Waals surface area (Å²) in [4.78, 5) is 22.2. The first-order valence-electron chi connectivity index (χ1n) is 7.46. The lowest BCUT2D eigenvalue weighted by Gasteiger charge is -2.05. The number of carbonyl (C=O) groups excluding carboxylic acids is 1. The maximum Gasteiger partial charge on any atom is 0.270 e. The van der Waals surface area contributed by atoms with E-state index in [1.807, 2.05) is 24.3 Å². The van der Waals surface area contributed by atoms with Crippen LogP contribution in [0.5, 0.6) is 5.75 Å². The molecule has 0 radical (unpaired) electrons. The number of amides is 1. The quantitative estimate of drug-likeness (QED) is 0.385. The van der Waals surface area contributed by atoms with E-state index in [0.717, 1.165) is 10.0 Å². The van der Waals surface area contributed by atoms with Gasteiger partial charge in [-0.25, -0.2) is 5.43 Å². The lowest BCUT2D eigenvalue weighted by molar-refractivity contribution is -0.384. The van der Waals surface area contributed by atoms with Crippen molar-refractivity contribution in [2.24, 2.45) is 5.10 Å². The maximum atomic E-state index is 11.8. The Bertz CT molecular complexity index is 829. The molecular formula is C17H16BrN3O4S. The van der Waals surface area contributed by atoms with Crippen LogP contribution < -0.4 is 10.2 Å². The highest BCUT2D eigenvalue weighted by Crippen LogP contribution is 2.22. The molecule has 26 heavy (non-hydrogen) atoms. The minimum absolute atomic E-state index is 0.0810. The summed E-state index contributed by atoms with van der Waals surface area (Å²) in [6, 6.07) is 12.0. The van der Waals surface area contributed by atoms with Crippen LogP contribution in [0.15, 0.2) is 52.0 Å². The number of thioether (sulfide) groups is 1. The summed E-state index contributed by atoms with van der Waals surface area (Å²) in [7, 11) is 1.45. The lowest BCUT2D eigenvalue weighted by atomic mass is 10.2. The van der Waals surface area contributed by atoms with E-state index in [2.05, 4.69) is 26.5 Å². The van der Waals surface area contributed by atoms with Crippen LogP contribution >= 0.6 is 27.7 Å². The van der Waals surface area contributed by atoms with Crippen LogP contribution in [0.25, 0.3) is 0 Å². The lowest BCUT2D eigenvalue weighted by Crippen LogP contribution is -2.19. The van der Waals surface area contributed by atoms with Crippen LogP contribution in [-0.4, -0.2) is 29.9 Å². The molecule has 1 amide bonds. The van der Waals surface area contributed by atoms with Crippen LogP contribution in [0.2, 0.25) is 0 Å². The fourth-order valence-corrected chi connectivity index (χ4v) is 3.45. The van der Waals surface area contributed by atoms with E-state index in [1.54, 1.807) is 0 Å². The van der Waals surface area contributed by atoms with Gasteiger partial charge in [0.15, 0.2) is 0 Å². The fraction of sp³-hybridized carbons (Fsp3) is 0.176. The van der Waals surface area contributed by atoms with Crippen LogP contribution in [0.1, 0.15) is 11.1 Å². The summed E-state index contributed by atoms with van der Waals surface area (Å²) >= 11 is 4.92. The number of hydrazone groups is 1. The number of nitrogens with zero attached hydrogens (tertiary/aromatic N) is 2. The molecule has 0 aromatic heterocycles. The molecule has 0 heterocycles. The number of nitro benzene ring substituents is 1. The van der Waals surface area contributed by atoms with Crippen molar-refractivity contribution in [1.29, 1.82) is 0 Å². The molecule has 136 valence electrons. The third-order valence-corrected chi connectivity index (χ3v) is 5.02. The second-order valence-electron chi connectivity index (χ2n) is 5.06.